The summed E-state index contributed by atoms with van der Waals surface area (Å²) in [7, 11) is 0. The van der Waals surface area contributed by atoms with Crippen molar-refractivity contribution >= 4 is 22.4 Å². The summed E-state index contributed by atoms with van der Waals surface area (Å²) in [6, 6.07) is 10.6. The van der Waals surface area contributed by atoms with Gasteiger partial charge >= 0.3 is 0 Å². The summed E-state index contributed by atoms with van der Waals surface area (Å²) in [5, 5.41) is 5.64. The summed E-state index contributed by atoms with van der Waals surface area (Å²) in [5.41, 5.74) is 3.42. The van der Waals surface area contributed by atoms with Crippen molar-refractivity contribution < 1.29 is 4.79 Å². The van der Waals surface area contributed by atoms with Crippen LogP contribution in [0.2, 0.25) is 0 Å². The van der Waals surface area contributed by atoms with E-state index in [0.29, 0.717) is 0 Å². The van der Waals surface area contributed by atoms with E-state index in [1.165, 1.54) is 21.9 Å². The molecule has 0 radical (unpaired) electrons. The van der Waals surface area contributed by atoms with E-state index in [9.17, 15) is 4.79 Å². The first-order valence-corrected chi connectivity index (χ1v) is 7.38. The molecule has 0 heterocycles. The SMILES string of the molecule is CCC(C)(C)C(=O)Nc1ccc2c3c(cccc13)CC2. The molecule has 20 heavy (non-hydrogen) atoms. The Balaban J connectivity index is 2.04. The van der Waals surface area contributed by atoms with Gasteiger partial charge in [-0.25, -0.2) is 0 Å². The van der Waals surface area contributed by atoms with Crippen molar-refractivity contribution in [3.8, 4) is 0 Å². The third-order valence-electron chi connectivity index (χ3n) is 4.62. The molecule has 1 aliphatic rings. The number of amides is 1. The molecule has 0 unspecified atom stereocenters. The summed E-state index contributed by atoms with van der Waals surface area (Å²) < 4.78 is 0. The number of nitrogens with one attached hydrogen (secondary N) is 1. The molecule has 0 aliphatic heterocycles. The lowest BCUT2D eigenvalue weighted by molar-refractivity contribution is -0.124. The van der Waals surface area contributed by atoms with Crippen LogP contribution in [-0.4, -0.2) is 5.91 Å². The summed E-state index contributed by atoms with van der Waals surface area (Å²) in [4.78, 5) is 12.4. The van der Waals surface area contributed by atoms with E-state index in [1.807, 2.05) is 20.8 Å². The van der Waals surface area contributed by atoms with Crippen molar-refractivity contribution in [1.82, 2.24) is 0 Å². The zero-order valence-electron chi connectivity index (χ0n) is 12.4. The Kier molecular flexibility index (Phi) is 3.04. The van der Waals surface area contributed by atoms with Crippen molar-refractivity contribution in [2.75, 3.05) is 5.32 Å². The lowest BCUT2D eigenvalue weighted by atomic mass is 9.89. The minimum absolute atomic E-state index is 0.0960. The van der Waals surface area contributed by atoms with Gasteiger partial charge in [0.1, 0.15) is 0 Å². The predicted octanol–water partition coefficient (Wildman–Crippen LogP) is 4.31. The molecule has 2 aromatic carbocycles. The van der Waals surface area contributed by atoms with Crippen LogP contribution < -0.4 is 5.32 Å². The van der Waals surface area contributed by atoms with Gasteiger partial charge in [0.05, 0.1) is 0 Å². The molecule has 0 atom stereocenters. The Morgan fingerprint density at radius 2 is 1.85 bits per heavy atom. The Hall–Kier alpha value is -1.83. The number of hydrogen-bond acceptors (Lipinski definition) is 1. The first-order valence-electron chi connectivity index (χ1n) is 7.38. The number of benzene rings is 2. The van der Waals surface area contributed by atoms with Gasteiger partial charge < -0.3 is 5.32 Å². The number of anilines is 1. The second-order valence-electron chi connectivity index (χ2n) is 6.30. The molecule has 0 saturated carbocycles. The summed E-state index contributed by atoms with van der Waals surface area (Å²) >= 11 is 0. The average Bonchev–Trinajstić information content (AvgIpc) is 2.87. The maximum atomic E-state index is 12.4. The van der Waals surface area contributed by atoms with E-state index in [4.69, 9.17) is 0 Å². The number of hydrogen-bond donors (Lipinski definition) is 1. The van der Waals surface area contributed by atoms with E-state index in [0.717, 1.165) is 24.9 Å². The molecule has 1 amide bonds. The molecule has 1 aliphatic carbocycles. The Morgan fingerprint density at radius 1 is 1.15 bits per heavy atom. The lowest BCUT2D eigenvalue weighted by Gasteiger charge is -2.22. The summed E-state index contributed by atoms with van der Waals surface area (Å²) in [6.45, 7) is 6.03. The van der Waals surface area contributed by atoms with Crippen molar-refractivity contribution in [3.05, 3.63) is 41.5 Å². The van der Waals surface area contributed by atoms with Crippen LogP contribution in [0.3, 0.4) is 0 Å². The zero-order valence-corrected chi connectivity index (χ0v) is 12.4. The standard InChI is InChI=1S/C18H21NO/c1-4-18(2,3)17(20)19-15-11-10-13-9-8-12-6-5-7-14(15)16(12)13/h5-7,10-11H,4,8-9H2,1-3H3,(H,19,20). The fourth-order valence-electron chi connectivity index (χ4n) is 2.81. The third-order valence-corrected chi connectivity index (χ3v) is 4.62. The minimum atomic E-state index is -0.331. The molecule has 2 nitrogen and oxygen atoms in total. The van der Waals surface area contributed by atoms with Gasteiger partial charge in [0.2, 0.25) is 5.91 Å². The first-order chi connectivity index (χ1) is 9.53. The van der Waals surface area contributed by atoms with Gasteiger partial charge in [-0.2, -0.15) is 0 Å². The van der Waals surface area contributed by atoms with Crippen LogP contribution in [0.25, 0.3) is 10.8 Å². The van der Waals surface area contributed by atoms with Crippen molar-refractivity contribution in [3.63, 3.8) is 0 Å². The molecular weight excluding hydrogens is 246 g/mol. The van der Waals surface area contributed by atoms with Crippen molar-refractivity contribution in [1.29, 1.82) is 0 Å². The van der Waals surface area contributed by atoms with E-state index < -0.39 is 0 Å². The molecule has 0 fully saturated rings. The van der Waals surface area contributed by atoms with Crippen LogP contribution >= 0.6 is 0 Å². The van der Waals surface area contributed by atoms with E-state index in [2.05, 4.69) is 35.6 Å². The van der Waals surface area contributed by atoms with Gasteiger partial charge in [0.25, 0.3) is 0 Å². The van der Waals surface area contributed by atoms with Crippen LogP contribution in [0.4, 0.5) is 5.69 Å². The second-order valence-corrected chi connectivity index (χ2v) is 6.30. The summed E-state index contributed by atoms with van der Waals surface area (Å²) in [6.07, 6.45) is 3.06. The highest BCUT2D eigenvalue weighted by Gasteiger charge is 2.26. The first kappa shape index (κ1) is 13.2. The third kappa shape index (κ3) is 2.00. The summed E-state index contributed by atoms with van der Waals surface area (Å²) in [5.74, 6) is 0.0960. The molecule has 0 saturated heterocycles. The number of aryl methyl sites for hydroxylation is 2. The van der Waals surface area contributed by atoms with E-state index in [-0.39, 0.29) is 11.3 Å². The van der Waals surface area contributed by atoms with Crippen LogP contribution in [-0.2, 0) is 17.6 Å². The Morgan fingerprint density at radius 3 is 2.55 bits per heavy atom. The van der Waals surface area contributed by atoms with Crippen LogP contribution in [0, 0.1) is 5.41 Å². The second kappa shape index (κ2) is 4.62. The van der Waals surface area contributed by atoms with E-state index in [1.54, 1.807) is 0 Å². The number of carbonyl (C=O) groups excluding carboxylic acids is 1. The van der Waals surface area contributed by atoms with Crippen molar-refractivity contribution in [2.45, 2.75) is 40.0 Å². The molecule has 0 bridgehead atoms. The minimum Gasteiger partial charge on any atom is -0.325 e. The predicted molar refractivity (Wildman–Crippen MR) is 84.1 cm³/mol. The fourth-order valence-corrected chi connectivity index (χ4v) is 2.81. The smallest absolute Gasteiger partial charge is 0.230 e. The fraction of sp³-hybridized carbons (Fsp3) is 0.389. The Labute approximate surface area is 120 Å². The molecular formula is C18H21NO. The van der Waals surface area contributed by atoms with Crippen LogP contribution in [0.5, 0.6) is 0 Å². The van der Waals surface area contributed by atoms with Gasteiger partial charge in [0, 0.05) is 16.5 Å². The zero-order chi connectivity index (χ0) is 14.3. The van der Waals surface area contributed by atoms with Gasteiger partial charge in [0.15, 0.2) is 0 Å². The molecule has 2 heteroatoms. The van der Waals surface area contributed by atoms with Gasteiger partial charge in [-0.1, -0.05) is 45.0 Å². The molecule has 2 aromatic rings. The maximum absolute atomic E-state index is 12.4. The molecule has 0 aromatic heterocycles. The highest BCUT2D eigenvalue weighted by atomic mass is 16.2. The Bertz CT molecular complexity index is 675. The van der Waals surface area contributed by atoms with Crippen LogP contribution in [0.1, 0.15) is 38.3 Å². The number of rotatable bonds is 3. The maximum Gasteiger partial charge on any atom is 0.230 e. The molecule has 104 valence electrons. The van der Waals surface area contributed by atoms with E-state index >= 15 is 0 Å². The molecule has 3 rings (SSSR count). The van der Waals surface area contributed by atoms with Gasteiger partial charge in [-0.3, -0.25) is 4.79 Å². The van der Waals surface area contributed by atoms with Crippen LogP contribution in [0.15, 0.2) is 30.3 Å². The quantitative estimate of drug-likeness (QED) is 0.882. The number of carbonyl (C=O) groups is 1. The normalized spacial score (nSPS) is 13.8. The van der Waals surface area contributed by atoms with Gasteiger partial charge in [-0.05, 0) is 41.8 Å². The lowest BCUT2D eigenvalue weighted by Crippen LogP contribution is -2.30. The largest absolute Gasteiger partial charge is 0.325 e. The topological polar surface area (TPSA) is 29.1 Å². The monoisotopic (exact) mass is 267 g/mol. The highest BCUT2D eigenvalue weighted by Crippen LogP contribution is 2.35. The average molecular weight is 267 g/mol. The molecule has 0 spiro atoms. The van der Waals surface area contributed by atoms with Crippen molar-refractivity contribution in [2.24, 2.45) is 5.41 Å². The molecule has 1 N–H and O–H groups in total. The highest BCUT2D eigenvalue weighted by molar-refractivity contribution is 6.06. The van der Waals surface area contributed by atoms with Gasteiger partial charge in [-0.15, -0.1) is 0 Å².